The van der Waals surface area contributed by atoms with E-state index in [9.17, 15) is 5.11 Å². The standard InChI is InChI=1S/C14H27NO/c1-2-12-5-3-6-13(9-12)10-15-8-4-7-14(15)11-16/h12-14,16H,2-11H2,1H3. The molecule has 0 aromatic carbocycles. The average Bonchev–Trinajstić information content (AvgIpc) is 2.76. The zero-order chi connectivity index (χ0) is 11.4. The third-order valence-electron chi connectivity index (χ3n) is 4.67. The van der Waals surface area contributed by atoms with Crippen molar-refractivity contribution in [3.63, 3.8) is 0 Å². The Hall–Kier alpha value is -0.0800. The first kappa shape index (κ1) is 12.4. The van der Waals surface area contributed by atoms with Crippen molar-refractivity contribution in [2.24, 2.45) is 11.8 Å². The number of aliphatic hydroxyl groups excluding tert-OH is 1. The first-order chi connectivity index (χ1) is 7.83. The van der Waals surface area contributed by atoms with E-state index in [-0.39, 0.29) is 0 Å². The molecule has 1 saturated heterocycles. The van der Waals surface area contributed by atoms with Gasteiger partial charge in [0.1, 0.15) is 0 Å². The highest BCUT2D eigenvalue weighted by Crippen LogP contribution is 2.32. The van der Waals surface area contributed by atoms with Crippen LogP contribution >= 0.6 is 0 Å². The number of rotatable bonds is 4. The van der Waals surface area contributed by atoms with Gasteiger partial charge in [-0.15, -0.1) is 0 Å². The van der Waals surface area contributed by atoms with E-state index in [1.165, 1.54) is 58.0 Å². The maximum Gasteiger partial charge on any atom is 0.0586 e. The molecule has 1 N–H and O–H groups in total. The van der Waals surface area contributed by atoms with Crippen LogP contribution in [0.3, 0.4) is 0 Å². The van der Waals surface area contributed by atoms with Crippen LogP contribution in [-0.4, -0.2) is 35.7 Å². The van der Waals surface area contributed by atoms with E-state index >= 15 is 0 Å². The summed E-state index contributed by atoms with van der Waals surface area (Å²) >= 11 is 0. The zero-order valence-electron chi connectivity index (χ0n) is 10.7. The number of aliphatic hydroxyl groups is 1. The lowest BCUT2D eigenvalue weighted by molar-refractivity contribution is 0.121. The molecule has 1 saturated carbocycles. The van der Waals surface area contributed by atoms with Gasteiger partial charge in [-0.25, -0.2) is 0 Å². The van der Waals surface area contributed by atoms with E-state index in [1.54, 1.807) is 0 Å². The fraction of sp³-hybridized carbons (Fsp3) is 1.00. The van der Waals surface area contributed by atoms with Crippen molar-refractivity contribution >= 4 is 0 Å². The van der Waals surface area contributed by atoms with E-state index in [2.05, 4.69) is 11.8 Å². The summed E-state index contributed by atoms with van der Waals surface area (Å²) in [5.41, 5.74) is 0. The smallest absolute Gasteiger partial charge is 0.0586 e. The van der Waals surface area contributed by atoms with Crippen molar-refractivity contribution in [1.29, 1.82) is 0 Å². The minimum Gasteiger partial charge on any atom is -0.395 e. The number of hydrogen-bond donors (Lipinski definition) is 1. The van der Waals surface area contributed by atoms with Crippen LogP contribution in [0.5, 0.6) is 0 Å². The van der Waals surface area contributed by atoms with Crippen molar-refractivity contribution in [3.05, 3.63) is 0 Å². The molecule has 1 heterocycles. The maximum absolute atomic E-state index is 9.32. The molecule has 94 valence electrons. The van der Waals surface area contributed by atoms with Crippen molar-refractivity contribution < 1.29 is 5.11 Å². The molecule has 0 spiro atoms. The minimum absolute atomic E-state index is 0.365. The Labute approximate surface area is 100 Å². The lowest BCUT2D eigenvalue weighted by atomic mass is 9.80. The van der Waals surface area contributed by atoms with Gasteiger partial charge in [0, 0.05) is 12.6 Å². The van der Waals surface area contributed by atoms with Crippen LogP contribution in [0, 0.1) is 11.8 Å². The van der Waals surface area contributed by atoms with Crippen molar-refractivity contribution in [2.75, 3.05) is 19.7 Å². The van der Waals surface area contributed by atoms with Crippen LogP contribution in [0.2, 0.25) is 0 Å². The van der Waals surface area contributed by atoms with Crippen molar-refractivity contribution in [1.82, 2.24) is 4.90 Å². The summed E-state index contributed by atoms with van der Waals surface area (Å²) in [6.07, 6.45) is 9.60. The molecule has 2 fully saturated rings. The van der Waals surface area contributed by atoms with E-state index in [1.807, 2.05) is 0 Å². The van der Waals surface area contributed by atoms with Gasteiger partial charge in [0.2, 0.25) is 0 Å². The predicted molar refractivity (Wildman–Crippen MR) is 67.4 cm³/mol. The van der Waals surface area contributed by atoms with Gasteiger partial charge in [-0.3, -0.25) is 4.90 Å². The third kappa shape index (κ3) is 2.98. The summed E-state index contributed by atoms with van der Waals surface area (Å²) in [6.45, 7) is 5.17. The molecule has 0 bridgehead atoms. The van der Waals surface area contributed by atoms with Crippen LogP contribution < -0.4 is 0 Å². The zero-order valence-corrected chi connectivity index (χ0v) is 10.7. The average molecular weight is 225 g/mol. The number of likely N-dealkylation sites (tertiary alicyclic amines) is 1. The predicted octanol–water partition coefficient (Wildman–Crippen LogP) is 2.66. The molecule has 2 nitrogen and oxygen atoms in total. The molecule has 0 aromatic rings. The van der Waals surface area contributed by atoms with Gasteiger partial charge >= 0.3 is 0 Å². The third-order valence-corrected chi connectivity index (χ3v) is 4.67. The van der Waals surface area contributed by atoms with Gasteiger partial charge < -0.3 is 5.11 Å². The van der Waals surface area contributed by atoms with Gasteiger partial charge in [-0.2, -0.15) is 0 Å². The lowest BCUT2D eigenvalue weighted by Gasteiger charge is -2.33. The highest BCUT2D eigenvalue weighted by atomic mass is 16.3. The Balaban J connectivity index is 1.79. The van der Waals surface area contributed by atoms with Crippen LogP contribution in [0.25, 0.3) is 0 Å². The van der Waals surface area contributed by atoms with Gasteiger partial charge in [-0.1, -0.05) is 26.2 Å². The Morgan fingerprint density at radius 3 is 2.69 bits per heavy atom. The normalized spacial score (nSPS) is 36.8. The second-order valence-electron chi connectivity index (χ2n) is 5.78. The highest BCUT2D eigenvalue weighted by molar-refractivity contribution is 4.82. The second-order valence-corrected chi connectivity index (χ2v) is 5.78. The molecule has 0 aromatic heterocycles. The summed E-state index contributed by atoms with van der Waals surface area (Å²) in [6, 6.07) is 0.474. The quantitative estimate of drug-likeness (QED) is 0.795. The molecule has 2 rings (SSSR count). The molecule has 3 atom stereocenters. The SMILES string of the molecule is CCC1CCCC(CN2CCCC2CO)C1. The van der Waals surface area contributed by atoms with Crippen LogP contribution in [0.1, 0.15) is 51.9 Å². The summed E-state index contributed by atoms with van der Waals surface area (Å²) in [7, 11) is 0. The number of hydrogen-bond acceptors (Lipinski definition) is 2. The Kier molecular flexibility index (Phi) is 4.66. The first-order valence-corrected chi connectivity index (χ1v) is 7.18. The Morgan fingerprint density at radius 1 is 1.12 bits per heavy atom. The van der Waals surface area contributed by atoms with Crippen LogP contribution in [-0.2, 0) is 0 Å². The molecule has 1 aliphatic heterocycles. The summed E-state index contributed by atoms with van der Waals surface area (Å²) < 4.78 is 0. The van der Waals surface area contributed by atoms with E-state index in [4.69, 9.17) is 0 Å². The fourth-order valence-electron chi connectivity index (χ4n) is 3.61. The lowest BCUT2D eigenvalue weighted by Crippen LogP contribution is -2.37. The molecule has 2 aliphatic rings. The molecule has 1 aliphatic carbocycles. The van der Waals surface area contributed by atoms with Gasteiger partial charge in [0.15, 0.2) is 0 Å². The fourth-order valence-corrected chi connectivity index (χ4v) is 3.61. The molecule has 2 heteroatoms. The van der Waals surface area contributed by atoms with E-state index in [0.29, 0.717) is 12.6 Å². The van der Waals surface area contributed by atoms with E-state index in [0.717, 1.165) is 11.8 Å². The Morgan fingerprint density at radius 2 is 1.94 bits per heavy atom. The van der Waals surface area contributed by atoms with Crippen LogP contribution in [0.4, 0.5) is 0 Å². The maximum atomic E-state index is 9.32. The van der Waals surface area contributed by atoms with Gasteiger partial charge in [-0.05, 0) is 44.1 Å². The molecule has 16 heavy (non-hydrogen) atoms. The molecular weight excluding hydrogens is 198 g/mol. The molecular formula is C14H27NO. The summed E-state index contributed by atoms with van der Waals surface area (Å²) in [5, 5.41) is 9.32. The Bertz CT molecular complexity index is 207. The van der Waals surface area contributed by atoms with Gasteiger partial charge in [0.05, 0.1) is 6.61 Å². The highest BCUT2D eigenvalue weighted by Gasteiger charge is 2.28. The van der Waals surface area contributed by atoms with E-state index < -0.39 is 0 Å². The molecule has 3 unspecified atom stereocenters. The monoisotopic (exact) mass is 225 g/mol. The topological polar surface area (TPSA) is 23.5 Å². The van der Waals surface area contributed by atoms with Gasteiger partial charge in [0.25, 0.3) is 0 Å². The summed E-state index contributed by atoms with van der Waals surface area (Å²) in [4.78, 5) is 2.54. The van der Waals surface area contributed by atoms with Crippen molar-refractivity contribution in [3.8, 4) is 0 Å². The summed E-state index contributed by atoms with van der Waals surface area (Å²) in [5.74, 6) is 1.89. The largest absolute Gasteiger partial charge is 0.395 e. The molecule has 0 amide bonds. The minimum atomic E-state index is 0.365. The molecule has 0 radical (unpaired) electrons. The van der Waals surface area contributed by atoms with Crippen LogP contribution in [0.15, 0.2) is 0 Å². The first-order valence-electron chi connectivity index (χ1n) is 7.18. The van der Waals surface area contributed by atoms with Crippen molar-refractivity contribution in [2.45, 2.75) is 57.9 Å². The second kappa shape index (κ2) is 6.02. The number of nitrogens with zero attached hydrogens (tertiary/aromatic N) is 1.